The van der Waals surface area contributed by atoms with E-state index < -0.39 is 34.1 Å². The second-order valence-electron chi connectivity index (χ2n) is 8.81. The summed E-state index contributed by atoms with van der Waals surface area (Å²) in [6.07, 6.45) is 1.06. The lowest BCUT2D eigenvalue weighted by atomic mass is 10.1. The minimum absolute atomic E-state index is 0.154. The number of anilines is 1. The molecule has 0 heterocycles. The van der Waals surface area contributed by atoms with E-state index in [4.69, 9.17) is 0 Å². The van der Waals surface area contributed by atoms with Gasteiger partial charge in [0.05, 0.1) is 11.9 Å². The van der Waals surface area contributed by atoms with Crippen molar-refractivity contribution in [1.29, 1.82) is 0 Å². The molecule has 2 amide bonds. The summed E-state index contributed by atoms with van der Waals surface area (Å²) >= 11 is 5.55. The predicted octanol–water partition coefficient (Wildman–Crippen LogP) is 4.15. The minimum atomic E-state index is -3.74. The van der Waals surface area contributed by atoms with Crippen molar-refractivity contribution in [3.8, 4) is 0 Å². The largest absolute Gasteiger partial charge is 0.350 e. The lowest BCUT2D eigenvalue weighted by Gasteiger charge is -2.33. The quantitative estimate of drug-likeness (QED) is 0.436. The molecule has 2 aromatic rings. The van der Waals surface area contributed by atoms with Crippen molar-refractivity contribution in [3.05, 3.63) is 62.1 Å². The molecule has 0 aliphatic heterocycles. The Balaban J connectivity index is 2.39. The molecule has 33 heavy (non-hydrogen) atoms. The standard InChI is InChI=1S/C23H29BrIN3O4S/c1-16(22(30)26-23(2,3)4)27(14-17-7-6-8-18(24)13-17)21(29)15-28(33(5,31)32)20-11-9-19(25)10-12-20/h6-13,16H,14-15H2,1-5H3,(H,26,30). The fourth-order valence-electron chi connectivity index (χ4n) is 3.11. The number of nitrogens with zero attached hydrogens (tertiary/aromatic N) is 2. The minimum Gasteiger partial charge on any atom is -0.350 e. The molecule has 0 spiro atoms. The van der Waals surface area contributed by atoms with Gasteiger partial charge in [-0.3, -0.25) is 13.9 Å². The molecule has 0 aromatic heterocycles. The van der Waals surface area contributed by atoms with Crippen LogP contribution in [0, 0.1) is 3.57 Å². The summed E-state index contributed by atoms with van der Waals surface area (Å²) in [5, 5.41) is 2.90. The number of sulfonamides is 1. The molecule has 10 heteroatoms. The highest BCUT2D eigenvalue weighted by atomic mass is 127. The molecule has 180 valence electrons. The first-order valence-electron chi connectivity index (χ1n) is 10.3. The predicted molar refractivity (Wildman–Crippen MR) is 143 cm³/mol. The van der Waals surface area contributed by atoms with Gasteiger partial charge in [-0.2, -0.15) is 0 Å². The fraction of sp³-hybridized carbons (Fsp3) is 0.391. The molecule has 0 bridgehead atoms. The zero-order chi connectivity index (χ0) is 25.0. The molecule has 0 aliphatic carbocycles. The average Bonchev–Trinajstić information content (AvgIpc) is 2.68. The Morgan fingerprint density at radius 3 is 2.24 bits per heavy atom. The molecular formula is C23H29BrIN3O4S. The monoisotopic (exact) mass is 649 g/mol. The molecule has 0 fully saturated rings. The Labute approximate surface area is 218 Å². The lowest BCUT2D eigenvalue weighted by molar-refractivity contribution is -0.140. The molecule has 0 aliphatic rings. The van der Waals surface area contributed by atoms with Crippen LogP contribution < -0.4 is 9.62 Å². The lowest BCUT2D eigenvalue weighted by Crippen LogP contribution is -2.54. The van der Waals surface area contributed by atoms with E-state index >= 15 is 0 Å². The molecule has 1 N–H and O–H groups in total. The number of carbonyl (C=O) groups is 2. The molecule has 7 nitrogen and oxygen atoms in total. The zero-order valence-corrected chi connectivity index (χ0v) is 23.9. The first-order chi connectivity index (χ1) is 15.2. The number of benzene rings is 2. The number of carbonyl (C=O) groups excluding carboxylic acids is 2. The summed E-state index contributed by atoms with van der Waals surface area (Å²) in [5.41, 5.74) is 0.726. The van der Waals surface area contributed by atoms with E-state index in [0.717, 1.165) is 24.2 Å². The first-order valence-corrected chi connectivity index (χ1v) is 14.0. The van der Waals surface area contributed by atoms with E-state index in [0.29, 0.717) is 5.69 Å². The van der Waals surface area contributed by atoms with E-state index in [1.165, 1.54) is 4.90 Å². The van der Waals surface area contributed by atoms with E-state index in [2.05, 4.69) is 43.8 Å². The van der Waals surface area contributed by atoms with Crippen molar-refractivity contribution >= 4 is 66.0 Å². The first kappa shape index (κ1) is 27.6. The number of hydrogen-bond acceptors (Lipinski definition) is 4. The number of halogens is 2. The van der Waals surface area contributed by atoms with Crippen molar-refractivity contribution in [3.63, 3.8) is 0 Å². The van der Waals surface area contributed by atoms with E-state index in [9.17, 15) is 18.0 Å². The summed E-state index contributed by atoms with van der Waals surface area (Å²) in [4.78, 5) is 27.8. The smallest absolute Gasteiger partial charge is 0.244 e. The van der Waals surface area contributed by atoms with Crippen molar-refractivity contribution in [2.75, 3.05) is 17.1 Å². The highest BCUT2D eigenvalue weighted by molar-refractivity contribution is 14.1. The van der Waals surface area contributed by atoms with Crippen molar-refractivity contribution < 1.29 is 18.0 Å². The Hall–Kier alpha value is -1.66. The van der Waals surface area contributed by atoms with Gasteiger partial charge in [-0.25, -0.2) is 8.42 Å². The second-order valence-corrected chi connectivity index (χ2v) is 12.9. The molecule has 0 radical (unpaired) electrons. The third-order valence-electron chi connectivity index (χ3n) is 4.70. The summed E-state index contributed by atoms with van der Waals surface area (Å²) < 4.78 is 27.9. The van der Waals surface area contributed by atoms with Crippen molar-refractivity contribution in [2.24, 2.45) is 0 Å². The maximum absolute atomic E-state index is 13.5. The van der Waals surface area contributed by atoms with E-state index in [-0.39, 0.29) is 12.5 Å². The van der Waals surface area contributed by atoms with Gasteiger partial charge >= 0.3 is 0 Å². The summed E-state index contributed by atoms with van der Waals surface area (Å²) in [6.45, 7) is 6.97. The van der Waals surface area contributed by atoms with Gasteiger partial charge in [-0.15, -0.1) is 0 Å². The van der Waals surface area contributed by atoms with Gasteiger partial charge in [0.25, 0.3) is 0 Å². The third kappa shape index (κ3) is 8.56. The Kier molecular flexibility index (Phi) is 9.34. The SMILES string of the molecule is CC(C(=O)NC(C)(C)C)N(Cc1cccc(Br)c1)C(=O)CN(c1ccc(I)cc1)S(C)(=O)=O. The van der Waals surface area contributed by atoms with Gasteiger partial charge in [-0.1, -0.05) is 28.1 Å². The third-order valence-corrected chi connectivity index (χ3v) is 7.05. The number of amides is 2. The van der Waals surface area contributed by atoms with Crippen LogP contribution in [0.15, 0.2) is 53.0 Å². The highest BCUT2D eigenvalue weighted by Crippen LogP contribution is 2.21. The van der Waals surface area contributed by atoms with Gasteiger partial charge in [0, 0.05) is 20.1 Å². The van der Waals surface area contributed by atoms with E-state index in [1.807, 2.05) is 45.0 Å². The number of hydrogen-bond donors (Lipinski definition) is 1. The maximum atomic E-state index is 13.5. The van der Waals surface area contributed by atoms with Crippen LogP contribution in [0.2, 0.25) is 0 Å². The molecule has 2 aromatic carbocycles. The van der Waals surface area contributed by atoms with E-state index in [1.54, 1.807) is 31.2 Å². The molecule has 1 unspecified atom stereocenters. The van der Waals surface area contributed by atoms with Gasteiger partial charge in [0.15, 0.2) is 0 Å². The number of rotatable bonds is 8. The van der Waals surface area contributed by atoms with Gasteiger partial charge in [0.1, 0.15) is 12.6 Å². The molecule has 0 saturated heterocycles. The highest BCUT2D eigenvalue weighted by Gasteiger charge is 2.31. The van der Waals surface area contributed by atoms with Crippen LogP contribution in [0.3, 0.4) is 0 Å². The second kappa shape index (κ2) is 11.2. The van der Waals surface area contributed by atoms with Gasteiger partial charge in [0.2, 0.25) is 21.8 Å². The van der Waals surface area contributed by atoms with Gasteiger partial charge in [-0.05, 0) is 92.2 Å². The zero-order valence-electron chi connectivity index (χ0n) is 19.3. The van der Waals surface area contributed by atoms with Crippen LogP contribution in [0.5, 0.6) is 0 Å². The van der Waals surface area contributed by atoms with Crippen molar-refractivity contribution in [2.45, 2.75) is 45.8 Å². The van der Waals surface area contributed by atoms with Crippen LogP contribution in [0.1, 0.15) is 33.3 Å². The molecular weight excluding hydrogens is 621 g/mol. The average molecular weight is 650 g/mol. The van der Waals surface area contributed by atoms with Crippen LogP contribution in [-0.4, -0.2) is 49.5 Å². The summed E-state index contributed by atoms with van der Waals surface area (Å²) in [6, 6.07) is 13.5. The van der Waals surface area contributed by atoms with Crippen molar-refractivity contribution in [1.82, 2.24) is 10.2 Å². The number of nitrogens with one attached hydrogen (secondary N) is 1. The van der Waals surface area contributed by atoms with Gasteiger partial charge < -0.3 is 10.2 Å². The normalized spacial score (nSPS) is 12.7. The molecule has 2 rings (SSSR count). The Morgan fingerprint density at radius 1 is 1.12 bits per heavy atom. The summed E-state index contributed by atoms with van der Waals surface area (Å²) in [7, 11) is -3.74. The van der Waals surface area contributed by atoms with Crippen LogP contribution >= 0.6 is 38.5 Å². The molecule has 0 saturated carbocycles. The molecule has 1 atom stereocenters. The van der Waals surface area contributed by atoms with Crippen LogP contribution in [0.4, 0.5) is 5.69 Å². The maximum Gasteiger partial charge on any atom is 0.244 e. The summed E-state index contributed by atoms with van der Waals surface area (Å²) in [5.74, 6) is -0.790. The topological polar surface area (TPSA) is 86.8 Å². The fourth-order valence-corrected chi connectivity index (χ4v) is 4.77. The van der Waals surface area contributed by atoms with Crippen LogP contribution in [-0.2, 0) is 26.2 Å². The Morgan fingerprint density at radius 2 is 1.73 bits per heavy atom. The van der Waals surface area contributed by atoms with Crippen LogP contribution in [0.25, 0.3) is 0 Å². The Bertz CT molecular complexity index is 1100.